The predicted octanol–water partition coefficient (Wildman–Crippen LogP) is -8.63. The second kappa shape index (κ2) is 10.5. The van der Waals surface area contributed by atoms with E-state index in [1.807, 2.05) is 0 Å². The van der Waals surface area contributed by atoms with Gasteiger partial charge in [-0.1, -0.05) is 18.2 Å². The number of para-hydroxylation sites is 1. The Balaban J connectivity index is 0.00000392. The third-order valence-electron chi connectivity index (χ3n) is 3.48. The van der Waals surface area contributed by atoms with E-state index < -0.39 is 63.1 Å². The fraction of sp³-hybridized carbons (Fsp3) is 0.250. The third-order valence-corrected chi connectivity index (χ3v) is 5.18. The molecule has 148 valence electrons. The molecule has 29 heavy (non-hydrogen) atoms. The molecule has 13 nitrogen and oxygen atoms in total. The maximum absolute atomic E-state index is 12.0. The van der Waals surface area contributed by atoms with Crippen molar-refractivity contribution in [2.24, 2.45) is 5.73 Å². The molecule has 0 radical (unpaired) electrons. The number of nitrogens with two attached hydrogens (primary N) is 1. The molecule has 1 aliphatic rings. The summed E-state index contributed by atoms with van der Waals surface area (Å²) in [4.78, 5) is 34.9. The Morgan fingerprint density at radius 2 is 1.72 bits per heavy atom. The molecule has 0 aliphatic carbocycles. The number of carbonyl (C=O) groups is 3. The number of hydrogen-bond donors (Lipinski definition) is 2. The molecule has 0 spiro atoms. The van der Waals surface area contributed by atoms with E-state index in [2.05, 4.69) is 5.32 Å². The summed E-state index contributed by atoms with van der Waals surface area (Å²) in [6.45, 7) is -0.541. The summed E-state index contributed by atoms with van der Waals surface area (Å²) in [5, 5.41) is 2.16. The van der Waals surface area contributed by atoms with Crippen LogP contribution in [0.2, 0.25) is 0 Å². The minimum atomic E-state index is -5.31. The molecular weight excluding hydrogens is 454 g/mol. The quantitative estimate of drug-likeness (QED) is 0.231. The Bertz CT molecular complexity index is 1020. The first kappa shape index (κ1) is 28.2. The number of anilines is 1. The van der Waals surface area contributed by atoms with Gasteiger partial charge in [0.1, 0.15) is 6.04 Å². The van der Waals surface area contributed by atoms with Crippen LogP contribution in [-0.4, -0.2) is 60.7 Å². The van der Waals surface area contributed by atoms with Gasteiger partial charge in [-0.15, -0.1) is 0 Å². The topological polar surface area (TPSA) is 210 Å². The summed E-state index contributed by atoms with van der Waals surface area (Å²) in [5.74, 6) is -1.97. The first-order valence-electron chi connectivity index (χ1n) is 7.02. The normalized spacial score (nSPS) is 16.0. The van der Waals surface area contributed by atoms with Crippen LogP contribution in [0.5, 0.6) is 0 Å². The van der Waals surface area contributed by atoms with Crippen LogP contribution in [-0.2, 0) is 36.6 Å². The van der Waals surface area contributed by atoms with Gasteiger partial charge in [0.25, 0.3) is 5.91 Å². The van der Waals surface area contributed by atoms with Gasteiger partial charge < -0.3 is 20.2 Å². The van der Waals surface area contributed by atoms with Crippen molar-refractivity contribution in [1.82, 2.24) is 9.62 Å². The number of amides is 4. The van der Waals surface area contributed by atoms with Crippen LogP contribution in [0.25, 0.3) is 0 Å². The average Bonchev–Trinajstić information content (AvgIpc) is 2.49. The molecule has 1 unspecified atom stereocenters. The van der Waals surface area contributed by atoms with Gasteiger partial charge in [-0.25, -0.2) is 25.9 Å². The van der Waals surface area contributed by atoms with Gasteiger partial charge in [0, 0.05) is 0 Å². The van der Waals surface area contributed by atoms with Crippen LogP contribution >= 0.6 is 0 Å². The van der Waals surface area contributed by atoms with E-state index in [1.165, 1.54) is 18.2 Å². The second-order valence-corrected chi connectivity index (χ2v) is 7.83. The maximum atomic E-state index is 12.0. The molecule has 3 N–H and O–H groups in total. The number of β-lactam (4-membered cyclic amide) rings is 1. The Morgan fingerprint density at radius 3 is 2.17 bits per heavy atom. The van der Waals surface area contributed by atoms with Crippen molar-refractivity contribution in [2.45, 2.75) is 12.5 Å². The standard InChI is InChI=1S/C12H14N4O9S2.2Na/c13-12(19)16(27(23,24)25)9-4-2-1-3-7(9)5-10(17)14-8-6-15(11(8)18)26(20,21)22;;/h1-4,8H,5-6H2,(H2,13,19)(H,14,17)(H,20,21,22)(H,23,24,25);;/q;2*+1/p-2. The van der Waals surface area contributed by atoms with Gasteiger partial charge in [-0.2, -0.15) is 4.31 Å². The monoisotopic (exact) mass is 466 g/mol. The van der Waals surface area contributed by atoms with Crippen molar-refractivity contribution >= 4 is 44.1 Å². The van der Waals surface area contributed by atoms with Crippen molar-refractivity contribution in [3.63, 3.8) is 0 Å². The summed E-state index contributed by atoms with van der Waals surface area (Å²) in [7, 11) is -10.3. The van der Waals surface area contributed by atoms with E-state index in [-0.39, 0.29) is 73.3 Å². The van der Waals surface area contributed by atoms with E-state index in [4.69, 9.17) is 5.73 Å². The summed E-state index contributed by atoms with van der Waals surface area (Å²) in [5.41, 5.74) is 4.39. The molecule has 0 bridgehead atoms. The fourth-order valence-corrected chi connectivity index (χ4v) is 3.65. The molecule has 4 amide bonds. The molecule has 0 saturated carbocycles. The first-order valence-corrected chi connectivity index (χ1v) is 9.75. The zero-order valence-corrected chi connectivity index (χ0v) is 20.9. The van der Waals surface area contributed by atoms with Gasteiger partial charge in [0.15, 0.2) is 20.6 Å². The number of nitrogens with one attached hydrogen (secondary N) is 1. The van der Waals surface area contributed by atoms with E-state index in [9.17, 15) is 40.3 Å². The zero-order chi connectivity index (χ0) is 20.6. The number of carbonyl (C=O) groups excluding carboxylic acids is 3. The molecule has 1 heterocycles. The molecule has 1 saturated heterocycles. The average molecular weight is 466 g/mol. The molecule has 1 aromatic rings. The molecular formula is C12H12N4Na2O9S2. The zero-order valence-electron chi connectivity index (χ0n) is 15.3. The van der Waals surface area contributed by atoms with Crippen molar-refractivity contribution in [3.8, 4) is 0 Å². The molecule has 1 aromatic carbocycles. The smallest absolute Gasteiger partial charge is 0.731 e. The molecule has 1 atom stereocenters. The Hall–Kier alpha value is -0.750. The minimum absolute atomic E-state index is 0. The van der Waals surface area contributed by atoms with Crippen LogP contribution < -0.4 is 74.5 Å². The van der Waals surface area contributed by atoms with Crippen LogP contribution in [0.3, 0.4) is 0 Å². The molecule has 17 heteroatoms. The van der Waals surface area contributed by atoms with Gasteiger partial charge in [0.05, 0.1) is 18.7 Å². The van der Waals surface area contributed by atoms with E-state index >= 15 is 0 Å². The van der Waals surface area contributed by atoms with Crippen LogP contribution in [0, 0.1) is 0 Å². The third kappa shape index (κ3) is 6.88. The van der Waals surface area contributed by atoms with Gasteiger partial charge in [-0.3, -0.25) is 9.59 Å². The van der Waals surface area contributed by atoms with Crippen molar-refractivity contribution in [1.29, 1.82) is 0 Å². The Morgan fingerprint density at radius 1 is 1.17 bits per heavy atom. The van der Waals surface area contributed by atoms with Crippen LogP contribution in [0.4, 0.5) is 10.5 Å². The van der Waals surface area contributed by atoms with Crippen molar-refractivity contribution in [2.75, 3.05) is 10.8 Å². The van der Waals surface area contributed by atoms with Gasteiger partial charge in [-0.05, 0) is 11.6 Å². The number of urea groups is 1. The molecule has 0 aromatic heterocycles. The number of benzene rings is 1. The largest absolute Gasteiger partial charge is 1.00 e. The van der Waals surface area contributed by atoms with Gasteiger partial charge in [0.2, 0.25) is 5.91 Å². The number of rotatable bonds is 6. The molecule has 1 aliphatic heterocycles. The SMILES string of the molecule is NC(=O)N(c1ccccc1CC(=O)NC1CN(S(=O)(=O)[O-])C1=O)S(=O)(=O)[O-].[Na+].[Na+]. The molecule has 2 rings (SSSR count). The summed E-state index contributed by atoms with van der Waals surface area (Å²) < 4.78 is 65.7. The predicted molar refractivity (Wildman–Crippen MR) is 85.2 cm³/mol. The Kier molecular flexibility index (Phi) is 10.2. The molecule has 1 fully saturated rings. The number of primary amides is 1. The van der Waals surface area contributed by atoms with E-state index in [0.717, 1.165) is 6.07 Å². The summed E-state index contributed by atoms with van der Waals surface area (Å²) >= 11 is 0. The summed E-state index contributed by atoms with van der Waals surface area (Å²) in [6, 6.07) is 2.18. The number of hydrogen-bond acceptors (Lipinski definition) is 9. The second-order valence-electron chi connectivity index (χ2n) is 5.31. The van der Waals surface area contributed by atoms with Crippen molar-refractivity contribution in [3.05, 3.63) is 29.8 Å². The van der Waals surface area contributed by atoms with E-state index in [1.54, 1.807) is 0 Å². The summed E-state index contributed by atoms with van der Waals surface area (Å²) in [6.07, 6.45) is -0.566. The van der Waals surface area contributed by atoms with Crippen LogP contribution in [0.15, 0.2) is 24.3 Å². The van der Waals surface area contributed by atoms with Crippen molar-refractivity contribution < 1.29 is 99.4 Å². The van der Waals surface area contributed by atoms with Crippen LogP contribution in [0.1, 0.15) is 5.56 Å². The minimum Gasteiger partial charge on any atom is -0.731 e. The Labute approximate surface area is 210 Å². The first-order chi connectivity index (χ1) is 12.3. The number of nitrogens with zero attached hydrogens (tertiary/aromatic N) is 2. The van der Waals surface area contributed by atoms with E-state index in [0.29, 0.717) is 0 Å². The van der Waals surface area contributed by atoms with Gasteiger partial charge >= 0.3 is 65.1 Å². The maximum Gasteiger partial charge on any atom is 1.00 e. The fourth-order valence-electron chi connectivity index (χ4n) is 2.33.